The summed E-state index contributed by atoms with van der Waals surface area (Å²) in [6.07, 6.45) is 1.86. The Bertz CT molecular complexity index is 7360. The van der Waals surface area contributed by atoms with Crippen molar-refractivity contribution in [3.05, 3.63) is 413 Å². The molecule has 0 aliphatic rings. The maximum atomic E-state index is 14.8. The molecule has 0 spiro atoms. The molecule has 8 nitrogen and oxygen atoms in total. The number of fused-ring (bicyclic) bond motifs is 16. The van der Waals surface area contributed by atoms with E-state index in [-0.39, 0.29) is 0 Å². The number of benzene rings is 17. The number of pyridine rings is 4. The van der Waals surface area contributed by atoms with E-state index in [1.807, 2.05) is 164 Å². The maximum absolute atomic E-state index is 14.8. The summed E-state index contributed by atoms with van der Waals surface area (Å²) in [5.74, 6) is 1.88. The van der Waals surface area contributed by atoms with E-state index in [2.05, 4.69) is 254 Å². The van der Waals surface area contributed by atoms with Gasteiger partial charge in [-0.2, -0.15) is 0 Å². The summed E-state index contributed by atoms with van der Waals surface area (Å²) in [5.41, 5.74) is 15.0. The average molecular weight is 1470 g/mol. The molecule has 9 heteroatoms. The van der Waals surface area contributed by atoms with Crippen molar-refractivity contribution in [3.8, 4) is 79.1 Å². The van der Waals surface area contributed by atoms with Gasteiger partial charge in [0.25, 0.3) is 0 Å². The summed E-state index contributed by atoms with van der Waals surface area (Å²) in [6, 6.07) is 139. The van der Waals surface area contributed by atoms with Gasteiger partial charge in [-0.3, -0.25) is 4.98 Å². The standard InChI is InChI=1S/C38H24N4.C35H24NOP.C32H20N2/c1-3-14-26(15-4-1)36-40-37(27-16-5-2-6-17-27)42-38(41-36)30-20-10-9-19-29(30)35-32-24-23-25-13-7-8-18-28(25)34(32)31-21-11-12-22-33(31)39-35;37-38(27-12-3-1-4-13-27,28-14-5-2-6-15-28)29-22-19-26(20-23-29)35-32-24-21-25-11-7-8-16-30(25)34(32)31-17-9-10-18-33(31)36-35;1-2-13-25-21(8-1)17-18-28-30(25)27-14-3-4-16-29(27)34-32(28)24-11-5-10-23(20-24)26-15-6-9-22-12-7-19-33-31(22)26/h1-24H;1-24H;1-20H. The fourth-order valence-electron chi connectivity index (χ4n) is 16.3. The Kier molecular flexibility index (Phi) is 17.7. The summed E-state index contributed by atoms with van der Waals surface area (Å²) >= 11 is 0. The molecule has 0 saturated heterocycles. The number of aromatic nitrogens is 7. The highest BCUT2D eigenvalue weighted by Crippen LogP contribution is 2.46. The van der Waals surface area contributed by atoms with Crippen molar-refractivity contribution in [1.82, 2.24) is 34.9 Å². The van der Waals surface area contributed by atoms with Crippen LogP contribution in [0.25, 0.3) is 187 Å². The van der Waals surface area contributed by atoms with Crippen molar-refractivity contribution in [2.45, 2.75) is 0 Å². The van der Waals surface area contributed by atoms with Crippen LogP contribution in [0.3, 0.4) is 0 Å². The molecule has 114 heavy (non-hydrogen) atoms. The van der Waals surface area contributed by atoms with Crippen molar-refractivity contribution in [2.24, 2.45) is 0 Å². The number of para-hydroxylation sites is 4. The SMILES string of the molecule is O=P(c1ccccc1)(c1ccccc1)c1ccc(-c2nc3ccccc3c3c2ccc2ccccc23)cc1.c1cc(-c2nc3ccccc3c3c2ccc2ccccc23)cc(-c2cccc3cccnc23)c1.c1ccc(-c2nc(-c3ccccc3)nc(-c3ccccc3-c3nc4ccccc4c4c3ccc3ccccc34)n2)cc1. The Labute approximate surface area is 658 Å². The molecule has 22 rings (SSSR count). The second-order valence-electron chi connectivity index (χ2n) is 28.4. The van der Waals surface area contributed by atoms with Crippen LogP contribution in [0, 0.1) is 0 Å². The van der Waals surface area contributed by atoms with E-state index in [0.29, 0.717) is 17.5 Å². The molecule has 0 aliphatic carbocycles. The van der Waals surface area contributed by atoms with Crippen LogP contribution < -0.4 is 15.9 Å². The second kappa shape index (κ2) is 29.5. The lowest BCUT2D eigenvalue weighted by Gasteiger charge is -2.20. The highest BCUT2D eigenvalue weighted by molar-refractivity contribution is 7.85. The van der Waals surface area contributed by atoms with Crippen molar-refractivity contribution in [1.29, 1.82) is 0 Å². The predicted octanol–water partition coefficient (Wildman–Crippen LogP) is 25.7. The lowest BCUT2D eigenvalue weighted by molar-refractivity contribution is 0.592. The zero-order valence-corrected chi connectivity index (χ0v) is 62.6. The van der Waals surface area contributed by atoms with E-state index in [1.165, 1.54) is 59.2 Å². The van der Waals surface area contributed by atoms with Crippen LogP contribution in [0.15, 0.2) is 413 Å². The first kappa shape index (κ1) is 68.5. The van der Waals surface area contributed by atoms with Crippen molar-refractivity contribution < 1.29 is 4.57 Å². The van der Waals surface area contributed by atoms with Gasteiger partial charge >= 0.3 is 0 Å². The molecule has 0 atom stereocenters. The summed E-state index contributed by atoms with van der Waals surface area (Å²) in [5, 5.41) is 21.5. The van der Waals surface area contributed by atoms with Gasteiger partial charge in [0.05, 0.1) is 39.1 Å². The molecule has 0 aliphatic heterocycles. The lowest BCUT2D eigenvalue weighted by Crippen LogP contribution is -2.24. The van der Waals surface area contributed by atoms with Gasteiger partial charge in [-0.1, -0.05) is 376 Å². The maximum Gasteiger partial charge on any atom is 0.171 e. The van der Waals surface area contributed by atoms with E-state index >= 15 is 0 Å². The minimum absolute atomic E-state index is 0.613. The number of rotatable bonds is 10. The average Bonchev–Trinajstić information content (AvgIpc) is 0.745. The van der Waals surface area contributed by atoms with E-state index in [9.17, 15) is 4.57 Å². The molecule has 534 valence electrons. The Hall–Kier alpha value is -14.8. The number of hydrogen-bond acceptors (Lipinski definition) is 8. The minimum Gasteiger partial charge on any atom is -0.309 e. The van der Waals surface area contributed by atoms with Crippen LogP contribution in [-0.4, -0.2) is 34.9 Å². The molecule has 17 aromatic carbocycles. The molecule has 0 unspecified atom stereocenters. The first-order valence-electron chi connectivity index (χ1n) is 38.3. The third-order valence-corrected chi connectivity index (χ3v) is 24.8. The van der Waals surface area contributed by atoms with Crippen molar-refractivity contribution in [3.63, 3.8) is 0 Å². The molecule has 0 radical (unpaired) electrons. The Morgan fingerprint density at radius 1 is 0.202 bits per heavy atom. The summed E-state index contributed by atoms with van der Waals surface area (Å²) in [6.45, 7) is 0. The van der Waals surface area contributed by atoms with Gasteiger partial charge in [0.2, 0.25) is 0 Å². The molecular weight excluding hydrogens is 1410 g/mol. The molecule has 0 saturated carbocycles. The zero-order valence-electron chi connectivity index (χ0n) is 61.7. The summed E-state index contributed by atoms with van der Waals surface area (Å²) < 4.78 is 14.8. The molecule has 5 heterocycles. The first-order valence-corrected chi connectivity index (χ1v) is 40.0. The topological polar surface area (TPSA) is 107 Å². The Morgan fingerprint density at radius 2 is 0.553 bits per heavy atom. The minimum atomic E-state index is -3.03. The van der Waals surface area contributed by atoms with Crippen LogP contribution in [0.4, 0.5) is 0 Å². The zero-order chi connectivity index (χ0) is 75.9. The number of hydrogen-bond donors (Lipinski definition) is 0. The normalized spacial score (nSPS) is 11.5. The Morgan fingerprint density at radius 3 is 1.06 bits per heavy atom. The number of nitrogens with zero attached hydrogens (tertiary/aromatic N) is 7. The highest BCUT2D eigenvalue weighted by Gasteiger charge is 2.30. The van der Waals surface area contributed by atoms with Gasteiger partial charge in [-0.05, 0) is 68.2 Å². The Balaban J connectivity index is 0.000000111. The highest BCUT2D eigenvalue weighted by atomic mass is 31.2. The second-order valence-corrected chi connectivity index (χ2v) is 31.2. The van der Waals surface area contributed by atoms with E-state index in [4.69, 9.17) is 29.9 Å². The van der Waals surface area contributed by atoms with Crippen molar-refractivity contribution in [2.75, 3.05) is 0 Å². The van der Waals surface area contributed by atoms with Gasteiger partial charge in [0, 0.05) is 115 Å². The van der Waals surface area contributed by atoms with Crippen LogP contribution in [-0.2, 0) is 4.57 Å². The van der Waals surface area contributed by atoms with E-state index in [1.54, 1.807) is 0 Å². The fraction of sp³-hybridized carbons (Fsp3) is 0. The molecular formula is C105H68N7OP. The van der Waals surface area contributed by atoms with Crippen LogP contribution in [0.1, 0.15) is 0 Å². The molecule has 0 bridgehead atoms. The first-order chi connectivity index (χ1) is 56.4. The van der Waals surface area contributed by atoms with Gasteiger partial charge in [-0.25, -0.2) is 29.9 Å². The monoisotopic (exact) mass is 1470 g/mol. The molecule has 0 N–H and O–H groups in total. The van der Waals surface area contributed by atoms with Crippen LogP contribution in [0.2, 0.25) is 0 Å². The summed E-state index contributed by atoms with van der Waals surface area (Å²) in [4.78, 5) is 35.2. The largest absolute Gasteiger partial charge is 0.309 e. The molecule has 0 fully saturated rings. The fourth-order valence-corrected chi connectivity index (χ4v) is 19.0. The third-order valence-electron chi connectivity index (χ3n) is 21.7. The third kappa shape index (κ3) is 12.5. The van der Waals surface area contributed by atoms with Gasteiger partial charge < -0.3 is 4.57 Å². The predicted molar refractivity (Wildman–Crippen MR) is 476 cm³/mol. The smallest absolute Gasteiger partial charge is 0.171 e. The molecule has 0 amide bonds. The molecule has 22 aromatic rings. The quantitative estimate of drug-likeness (QED) is 0.0984. The van der Waals surface area contributed by atoms with Gasteiger partial charge in [0.1, 0.15) is 0 Å². The van der Waals surface area contributed by atoms with Crippen LogP contribution in [0.5, 0.6) is 0 Å². The van der Waals surface area contributed by atoms with Gasteiger partial charge in [0.15, 0.2) is 24.6 Å². The molecule has 5 aromatic heterocycles. The van der Waals surface area contributed by atoms with E-state index < -0.39 is 7.14 Å². The van der Waals surface area contributed by atoms with Crippen molar-refractivity contribution >= 4 is 131 Å². The lowest BCUT2D eigenvalue weighted by atomic mass is 9.93. The van der Waals surface area contributed by atoms with Gasteiger partial charge in [-0.15, -0.1) is 0 Å². The van der Waals surface area contributed by atoms with E-state index in [0.717, 1.165) is 127 Å². The summed E-state index contributed by atoms with van der Waals surface area (Å²) in [7, 11) is -3.03. The van der Waals surface area contributed by atoms with Crippen LogP contribution >= 0.6 is 7.14 Å².